The van der Waals surface area contributed by atoms with Crippen LogP contribution in [0.5, 0.6) is 5.75 Å². The first-order chi connectivity index (χ1) is 11.0. The predicted molar refractivity (Wildman–Crippen MR) is 82.2 cm³/mol. The van der Waals surface area contributed by atoms with E-state index in [1.165, 1.54) is 6.92 Å². The molecule has 0 spiro atoms. The van der Waals surface area contributed by atoms with Crippen LogP contribution in [0.15, 0.2) is 23.3 Å². The zero-order chi connectivity index (χ0) is 16.8. The Morgan fingerprint density at radius 2 is 2.09 bits per heavy atom. The fourth-order valence-electron chi connectivity index (χ4n) is 2.06. The van der Waals surface area contributed by atoms with Crippen molar-refractivity contribution in [3.05, 3.63) is 29.3 Å². The lowest BCUT2D eigenvalue weighted by atomic mass is 10.1. The number of hydrogen-bond acceptors (Lipinski definition) is 6. The molecule has 0 radical (unpaired) electrons. The second-order valence-corrected chi connectivity index (χ2v) is 4.98. The summed E-state index contributed by atoms with van der Waals surface area (Å²) in [6, 6.07) is 4.99. The molecule has 0 bridgehead atoms. The van der Waals surface area contributed by atoms with Crippen LogP contribution in [-0.4, -0.2) is 30.0 Å². The molecule has 1 aliphatic rings. The monoisotopic (exact) mass is 318 g/mol. The van der Waals surface area contributed by atoms with Crippen molar-refractivity contribution in [3.8, 4) is 5.75 Å². The van der Waals surface area contributed by atoms with Crippen LogP contribution in [0.1, 0.15) is 42.6 Å². The smallest absolute Gasteiger partial charge is 0.354 e. The maximum absolute atomic E-state index is 12.0. The highest BCUT2D eigenvalue weighted by Gasteiger charge is 2.20. The molecule has 1 heterocycles. The summed E-state index contributed by atoms with van der Waals surface area (Å²) in [6.45, 7) is 3.72. The molecule has 0 atom stereocenters. The Morgan fingerprint density at radius 1 is 1.30 bits per heavy atom. The maximum atomic E-state index is 12.0. The molecule has 0 fully saturated rings. The minimum Gasteiger partial charge on any atom is -0.493 e. The molecule has 0 saturated heterocycles. The van der Waals surface area contributed by atoms with Crippen LogP contribution in [-0.2, 0) is 20.9 Å². The van der Waals surface area contributed by atoms with E-state index >= 15 is 0 Å². The van der Waals surface area contributed by atoms with Crippen molar-refractivity contribution in [2.75, 3.05) is 6.61 Å². The van der Waals surface area contributed by atoms with Crippen LogP contribution < -0.4 is 10.2 Å². The van der Waals surface area contributed by atoms with E-state index in [1.54, 1.807) is 18.2 Å². The molecule has 1 aromatic carbocycles. The standard InChI is InChI=1S/C16H18N2O5/c1-3-22-14-6-4-11(10(2)19)8-12(14)9-23-16(21)13-5-7-15(20)18-17-13/h4,6,8H,3,5,7,9H2,1-2H3,(H,18,20). The highest BCUT2D eigenvalue weighted by atomic mass is 16.5. The van der Waals surface area contributed by atoms with Crippen LogP contribution in [0.3, 0.4) is 0 Å². The summed E-state index contributed by atoms with van der Waals surface area (Å²) in [4.78, 5) is 34.4. The van der Waals surface area contributed by atoms with Crippen LogP contribution in [0, 0.1) is 0 Å². The van der Waals surface area contributed by atoms with E-state index in [2.05, 4.69) is 10.5 Å². The van der Waals surface area contributed by atoms with E-state index < -0.39 is 5.97 Å². The number of hydrazone groups is 1. The summed E-state index contributed by atoms with van der Waals surface area (Å²) in [5, 5.41) is 3.68. The van der Waals surface area contributed by atoms with Crippen molar-refractivity contribution in [3.63, 3.8) is 0 Å². The Balaban J connectivity index is 2.09. The number of nitrogens with one attached hydrogen (secondary N) is 1. The molecular formula is C16H18N2O5. The molecule has 1 amide bonds. The Bertz CT molecular complexity index is 666. The molecule has 7 heteroatoms. The molecule has 122 valence electrons. The number of nitrogens with zero attached hydrogens (tertiary/aromatic N) is 1. The van der Waals surface area contributed by atoms with E-state index in [1.807, 2.05) is 6.92 Å². The number of rotatable bonds is 6. The second kappa shape index (κ2) is 7.53. The molecule has 1 aromatic rings. The van der Waals surface area contributed by atoms with Crippen molar-refractivity contribution in [1.82, 2.24) is 5.43 Å². The van der Waals surface area contributed by atoms with Gasteiger partial charge in [-0.3, -0.25) is 9.59 Å². The number of esters is 1. The fourth-order valence-corrected chi connectivity index (χ4v) is 2.06. The van der Waals surface area contributed by atoms with Gasteiger partial charge in [0.1, 0.15) is 18.1 Å². The molecule has 2 rings (SSSR count). The molecule has 0 saturated carbocycles. The summed E-state index contributed by atoms with van der Waals surface area (Å²) >= 11 is 0. The topological polar surface area (TPSA) is 94.1 Å². The lowest BCUT2D eigenvalue weighted by molar-refractivity contribution is -0.137. The van der Waals surface area contributed by atoms with Crippen LogP contribution in [0.25, 0.3) is 0 Å². The van der Waals surface area contributed by atoms with Crippen LogP contribution >= 0.6 is 0 Å². The largest absolute Gasteiger partial charge is 0.493 e. The summed E-state index contributed by atoms with van der Waals surface area (Å²) < 4.78 is 10.7. The molecule has 23 heavy (non-hydrogen) atoms. The van der Waals surface area contributed by atoms with Crippen molar-refractivity contribution >= 4 is 23.4 Å². The minimum atomic E-state index is -0.597. The van der Waals surface area contributed by atoms with Gasteiger partial charge in [0, 0.05) is 24.0 Å². The van der Waals surface area contributed by atoms with Crippen molar-refractivity contribution in [2.24, 2.45) is 5.10 Å². The number of Topliss-reactive ketones (excluding diaryl/α,β-unsaturated/α-hetero) is 1. The van der Waals surface area contributed by atoms with Gasteiger partial charge >= 0.3 is 5.97 Å². The highest BCUT2D eigenvalue weighted by Crippen LogP contribution is 2.22. The third kappa shape index (κ3) is 4.38. The van der Waals surface area contributed by atoms with Gasteiger partial charge < -0.3 is 9.47 Å². The van der Waals surface area contributed by atoms with Gasteiger partial charge in [0.05, 0.1) is 6.61 Å². The van der Waals surface area contributed by atoms with E-state index in [-0.39, 0.29) is 36.9 Å². The molecule has 0 unspecified atom stereocenters. The molecule has 1 N–H and O–H groups in total. The number of hydrogen-bond donors (Lipinski definition) is 1. The van der Waals surface area contributed by atoms with E-state index in [0.717, 1.165) is 0 Å². The van der Waals surface area contributed by atoms with Gasteiger partial charge in [0.15, 0.2) is 5.78 Å². The quantitative estimate of drug-likeness (QED) is 0.635. The fraction of sp³-hybridized carbons (Fsp3) is 0.375. The number of carbonyl (C=O) groups excluding carboxylic acids is 3. The molecule has 0 aliphatic carbocycles. The zero-order valence-corrected chi connectivity index (χ0v) is 13.0. The van der Waals surface area contributed by atoms with Gasteiger partial charge in [0.2, 0.25) is 5.91 Å². The van der Waals surface area contributed by atoms with Crippen molar-refractivity contribution < 1.29 is 23.9 Å². The Kier molecular flexibility index (Phi) is 5.46. The summed E-state index contributed by atoms with van der Waals surface area (Å²) in [6.07, 6.45) is 0.453. The predicted octanol–water partition coefficient (Wildman–Crippen LogP) is 1.60. The van der Waals surface area contributed by atoms with Gasteiger partial charge in [-0.2, -0.15) is 5.10 Å². The average Bonchev–Trinajstić information content (AvgIpc) is 2.54. The zero-order valence-electron chi connectivity index (χ0n) is 13.0. The van der Waals surface area contributed by atoms with Crippen molar-refractivity contribution in [2.45, 2.75) is 33.3 Å². The average molecular weight is 318 g/mol. The summed E-state index contributed by atoms with van der Waals surface area (Å²) in [5.74, 6) is -0.348. The summed E-state index contributed by atoms with van der Waals surface area (Å²) in [5.41, 5.74) is 3.54. The number of benzene rings is 1. The number of ketones is 1. The van der Waals surface area contributed by atoms with Gasteiger partial charge in [-0.1, -0.05) is 0 Å². The Hall–Kier alpha value is -2.70. The lowest BCUT2D eigenvalue weighted by Gasteiger charge is -2.14. The molecular weight excluding hydrogens is 300 g/mol. The highest BCUT2D eigenvalue weighted by molar-refractivity contribution is 6.37. The first-order valence-corrected chi connectivity index (χ1v) is 7.30. The Morgan fingerprint density at radius 3 is 2.70 bits per heavy atom. The van der Waals surface area contributed by atoms with Gasteiger partial charge in [-0.15, -0.1) is 0 Å². The maximum Gasteiger partial charge on any atom is 0.354 e. The third-order valence-corrected chi connectivity index (χ3v) is 3.27. The molecule has 7 nitrogen and oxygen atoms in total. The first kappa shape index (κ1) is 16.7. The van der Waals surface area contributed by atoms with Crippen LogP contribution in [0.4, 0.5) is 0 Å². The molecule has 0 aromatic heterocycles. The van der Waals surface area contributed by atoms with Gasteiger partial charge in [-0.25, -0.2) is 10.2 Å². The first-order valence-electron chi connectivity index (χ1n) is 7.30. The third-order valence-electron chi connectivity index (χ3n) is 3.27. The second-order valence-electron chi connectivity index (χ2n) is 4.98. The number of ether oxygens (including phenoxy) is 2. The van der Waals surface area contributed by atoms with Crippen molar-refractivity contribution in [1.29, 1.82) is 0 Å². The normalized spacial score (nSPS) is 13.8. The summed E-state index contributed by atoms with van der Waals surface area (Å²) in [7, 11) is 0. The SMILES string of the molecule is CCOc1ccc(C(C)=O)cc1COC(=O)C1=NNC(=O)CC1. The molecule has 1 aliphatic heterocycles. The number of carbonyl (C=O) groups is 3. The lowest BCUT2D eigenvalue weighted by Crippen LogP contribution is -2.30. The number of amides is 1. The van der Waals surface area contributed by atoms with Gasteiger partial charge in [-0.05, 0) is 32.0 Å². The minimum absolute atomic E-state index is 0.0394. The van der Waals surface area contributed by atoms with E-state index in [0.29, 0.717) is 23.5 Å². The van der Waals surface area contributed by atoms with E-state index in [9.17, 15) is 14.4 Å². The van der Waals surface area contributed by atoms with Gasteiger partial charge in [0.25, 0.3) is 0 Å². The van der Waals surface area contributed by atoms with Crippen LogP contribution in [0.2, 0.25) is 0 Å². The Labute approximate surface area is 133 Å². The van der Waals surface area contributed by atoms with E-state index in [4.69, 9.17) is 9.47 Å².